The highest BCUT2D eigenvalue weighted by atomic mass is 35.5. The summed E-state index contributed by atoms with van der Waals surface area (Å²) in [6.07, 6.45) is 7.68. The lowest BCUT2D eigenvalue weighted by Gasteiger charge is -2.11. The summed E-state index contributed by atoms with van der Waals surface area (Å²) >= 11 is 12.7. The maximum absolute atomic E-state index is 6.47. The molecule has 0 fully saturated rings. The smallest absolute Gasteiger partial charge is 0.138 e. The molecule has 0 saturated heterocycles. The molecule has 0 radical (unpaired) electrons. The average Bonchev–Trinajstić information content (AvgIpc) is 2.60. The van der Waals surface area contributed by atoms with Gasteiger partial charge >= 0.3 is 0 Å². The van der Waals surface area contributed by atoms with E-state index in [0.29, 0.717) is 21.5 Å². The Labute approximate surface area is 167 Å². The molecule has 0 spiro atoms. The van der Waals surface area contributed by atoms with Crippen molar-refractivity contribution >= 4 is 40.2 Å². The van der Waals surface area contributed by atoms with E-state index in [4.69, 9.17) is 23.2 Å². The second-order valence-corrected chi connectivity index (χ2v) is 6.42. The third-order valence-corrected chi connectivity index (χ3v) is 4.10. The summed E-state index contributed by atoms with van der Waals surface area (Å²) in [4.78, 5) is 8.92. The van der Waals surface area contributed by atoms with Crippen LogP contribution in [-0.2, 0) is 0 Å². The number of halogens is 2. The van der Waals surface area contributed by atoms with Crippen LogP contribution in [0.25, 0.3) is 5.57 Å². The van der Waals surface area contributed by atoms with Crippen LogP contribution in [0.15, 0.2) is 81.0 Å². The SMILES string of the molecule is C=C(N=C(Cl)/C(=C(\C)Cl)c1ccccc1)C1=C(C)CC/C=C\C=N1.CC. The van der Waals surface area contributed by atoms with Gasteiger partial charge in [-0.05, 0) is 43.9 Å². The van der Waals surface area contributed by atoms with Crippen molar-refractivity contribution in [2.45, 2.75) is 40.5 Å². The quantitative estimate of drug-likeness (QED) is 0.476. The van der Waals surface area contributed by atoms with Crippen molar-refractivity contribution in [2.75, 3.05) is 0 Å². The molecule has 0 bridgehead atoms. The van der Waals surface area contributed by atoms with Crippen molar-refractivity contribution in [1.82, 2.24) is 0 Å². The van der Waals surface area contributed by atoms with Gasteiger partial charge in [-0.2, -0.15) is 0 Å². The van der Waals surface area contributed by atoms with Crippen LogP contribution in [0.3, 0.4) is 0 Å². The van der Waals surface area contributed by atoms with Gasteiger partial charge in [0.1, 0.15) is 5.17 Å². The molecule has 0 saturated carbocycles. The van der Waals surface area contributed by atoms with Gasteiger partial charge in [-0.25, -0.2) is 4.99 Å². The maximum Gasteiger partial charge on any atom is 0.138 e. The van der Waals surface area contributed by atoms with E-state index in [1.165, 1.54) is 0 Å². The van der Waals surface area contributed by atoms with Gasteiger partial charge in [-0.1, -0.05) is 80.0 Å². The first-order chi connectivity index (χ1) is 12.5. The van der Waals surface area contributed by atoms with E-state index in [-0.39, 0.29) is 0 Å². The number of allylic oxidation sites excluding steroid dienone is 5. The Morgan fingerprint density at radius 1 is 1.15 bits per heavy atom. The first kappa shape index (κ1) is 22.1. The van der Waals surface area contributed by atoms with Crippen LogP contribution in [0.4, 0.5) is 0 Å². The Bertz CT molecular complexity index is 763. The molecule has 1 aromatic rings. The molecule has 0 aliphatic carbocycles. The van der Waals surface area contributed by atoms with E-state index in [1.54, 1.807) is 13.1 Å². The predicted octanol–water partition coefficient (Wildman–Crippen LogP) is 7.53. The van der Waals surface area contributed by atoms with Crippen molar-refractivity contribution in [2.24, 2.45) is 9.98 Å². The van der Waals surface area contributed by atoms with Crippen molar-refractivity contribution in [3.05, 3.63) is 76.6 Å². The Morgan fingerprint density at radius 2 is 1.81 bits per heavy atom. The molecule has 1 aliphatic heterocycles. The van der Waals surface area contributed by atoms with E-state index in [0.717, 1.165) is 29.7 Å². The second-order valence-electron chi connectivity index (χ2n) is 5.50. The molecule has 0 N–H and O–H groups in total. The summed E-state index contributed by atoms with van der Waals surface area (Å²) in [7, 11) is 0. The van der Waals surface area contributed by atoms with Crippen LogP contribution >= 0.6 is 23.2 Å². The topological polar surface area (TPSA) is 24.7 Å². The summed E-state index contributed by atoms with van der Waals surface area (Å²) in [6, 6.07) is 9.72. The third-order valence-electron chi connectivity index (χ3n) is 3.64. The summed E-state index contributed by atoms with van der Waals surface area (Å²) in [5.74, 6) is 0. The highest BCUT2D eigenvalue weighted by molar-refractivity contribution is 6.77. The Hall–Kier alpha value is -1.90. The first-order valence-electron chi connectivity index (χ1n) is 8.75. The molecule has 0 amide bonds. The number of aliphatic imine (C=N–C) groups is 2. The molecule has 1 aliphatic rings. The summed E-state index contributed by atoms with van der Waals surface area (Å²) in [6.45, 7) is 11.9. The van der Waals surface area contributed by atoms with E-state index >= 15 is 0 Å². The van der Waals surface area contributed by atoms with E-state index in [9.17, 15) is 0 Å². The number of hydrogen-bond acceptors (Lipinski definition) is 2. The van der Waals surface area contributed by atoms with Gasteiger partial charge in [0.05, 0.1) is 11.4 Å². The standard InChI is InChI=1S/C20H20Cl2N2.C2H6/c1-14-10-6-5-9-13-23-19(14)16(3)24-20(22)18(15(2)21)17-11-7-4-8-12-17;1-2/h4-5,7-9,11-13H,3,6,10H2,1-2H3;1-2H3/b9-5-,18-15+,19-14?,23-13?,24-20?;. The molecular formula is C22H26Cl2N2. The fourth-order valence-corrected chi connectivity index (χ4v) is 3.02. The molecule has 138 valence electrons. The Balaban J connectivity index is 0.00000163. The van der Waals surface area contributed by atoms with Crippen LogP contribution in [-0.4, -0.2) is 11.4 Å². The van der Waals surface area contributed by atoms with Gasteiger partial charge in [0.2, 0.25) is 0 Å². The van der Waals surface area contributed by atoms with Crippen LogP contribution in [0.5, 0.6) is 0 Å². The van der Waals surface area contributed by atoms with Crippen molar-refractivity contribution in [3.8, 4) is 0 Å². The van der Waals surface area contributed by atoms with Crippen LogP contribution < -0.4 is 0 Å². The minimum absolute atomic E-state index is 0.312. The Kier molecular flexibility index (Phi) is 9.93. The number of rotatable bonds is 4. The van der Waals surface area contributed by atoms with Crippen molar-refractivity contribution in [3.63, 3.8) is 0 Å². The zero-order valence-electron chi connectivity index (χ0n) is 15.9. The van der Waals surface area contributed by atoms with Crippen molar-refractivity contribution < 1.29 is 0 Å². The number of benzene rings is 1. The Morgan fingerprint density at radius 3 is 2.42 bits per heavy atom. The normalized spacial score (nSPS) is 16.8. The largest absolute Gasteiger partial charge is 0.255 e. The summed E-state index contributed by atoms with van der Waals surface area (Å²) in [5, 5.41) is 0.893. The molecule has 0 atom stereocenters. The number of nitrogens with zero attached hydrogens (tertiary/aromatic N) is 2. The van der Waals surface area contributed by atoms with E-state index in [2.05, 4.69) is 22.6 Å². The van der Waals surface area contributed by atoms with Gasteiger partial charge in [0, 0.05) is 16.8 Å². The predicted molar refractivity (Wildman–Crippen MR) is 118 cm³/mol. The molecule has 1 aromatic carbocycles. The highest BCUT2D eigenvalue weighted by Gasteiger charge is 2.13. The van der Waals surface area contributed by atoms with Gasteiger partial charge in [-0.3, -0.25) is 4.99 Å². The maximum atomic E-state index is 6.47. The zero-order chi connectivity index (χ0) is 19.5. The van der Waals surface area contributed by atoms with Gasteiger partial charge in [0.25, 0.3) is 0 Å². The molecule has 0 aromatic heterocycles. The van der Waals surface area contributed by atoms with Gasteiger partial charge in [0.15, 0.2) is 0 Å². The lowest BCUT2D eigenvalue weighted by atomic mass is 10.1. The minimum Gasteiger partial charge on any atom is -0.255 e. The molecule has 1 heterocycles. The molecule has 2 rings (SSSR count). The first-order valence-corrected chi connectivity index (χ1v) is 9.51. The lowest BCUT2D eigenvalue weighted by molar-refractivity contribution is 0.947. The molecule has 4 heteroatoms. The lowest BCUT2D eigenvalue weighted by Crippen LogP contribution is -1.99. The fraction of sp³-hybridized carbons (Fsp3) is 0.273. The van der Waals surface area contributed by atoms with Crippen LogP contribution in [0, 0.1) is 0 Å². The molecular weight excluding hydrogens is 363 g/mol. The van der Waals surface area contributed by atoms with E-state index in [1.807, 2.05) is 57.2 Å². The average molecular weight is 389 g/mol. The summed E-state index contributed by atoms with van der Waals surface area (Å²) in [5.41, 5.74) is 4.07. The molecule has 2 nitrogen and oxygen atoms in total. The number of hydrogen-bond donors (Lipinski definition) is 0. The van der Waals surface area contributed by atoms with Crippen LogP contribution in [0.1, 0.15) is 46.1 Å². The minimum atomic E-state index is 0.312. The third kappa shape index (κ3) is 6.44. The molecule has 0 unspecified atom stereocenters. The van der Waals surface area contributed by atoms with Gasteiger partial charge in [-0.15, -0.1) is 0 Å². The highest BCUT2D eigenvalue weighted by Crippen LogP contribution is 2.27. The van der Waals surface area contributed by atoms with Gasteiger partial charge < -0.3 is 0 Å². The second kappa shape index (κ2) is 11.7. The molecule has 26 heavy (non-hydrogen) atoms. The van der Waals surface area contributed by atoms with Crippen LogP contribution in [0.2, 0.25) is 0 Å². The monoisotopic (exact) mass is 388 g/mol. The fourth-order valence-electron chi connectivity index (χ4n) is 2.42. The van der Waals surface area contributed by atoms with Crippen molar-refractivity contribution in [1.29, 1.82) is 0 Å². The zero-order valence-corrected chi connectivity index (χ0v) is 17.4. The van der Waals surface area contributed by atoms with E-state index < -0.39 is 0 Å². The summed E-state index contributed by atoms with van der Waals surface area (Å²) < 4.78 is 0.